The Hall–Kier alpha value is -0.660. The molecule has 0 aromatic heterocycles. The molecule has 0 spiro atoms. The molecule has 1 aromatic carbocycles. The predicted octanol–water partition coefficient (Wildman–Crippen LogP) is 0.949. The minimum atomic E-state index is -3.52. The van der Waals surface area contributed by atoms with Crippen LogP contribution in [0.1, 0.15) is 0 Å². The van der Waals surface area contributed by atoms with Gasteiger partial charge in [-0.05, 0) is 18.2 Å². The maximum atomic E-state index is 12.3. The Kier molecular flexibility index (Phi) is 4.81. The van der Waals surface area contributed by atoms with Crippen LogP contribution in [0.4, 0.5) is 0 Å². The van der Waals surface area contributed by atoms with E-state index < -0.39 is 10.0 Å². The quantitative estimate of drug-likeness (QED) is 0.900. The van der Waals surface area contributed by atoms with Gasteiger partial charge in [0.2, 0.25) is 10.0 Å². The van der Waals surface area contributed by atoms with Crippen LogP contribution in [-0.4, -0.2) is 52.1 Å². The summed E-state index contributed by atoms with van der Waals surface area (Å²) in [7, 11) is -1.97. The number of rotatable bonds is 4. The summed E-state index contributed by atoms with van der Waals surface area (Å²) in [6, 6.07) is 6.27. The lowest BCUT2D eigenvalue weighted by atomic mass is 10.3. The molecule has 1 N–H and O–H groups in total. The van der Waals surface area contributed by atoms with Crippen LogP contribution in [0.25, 0.3) is 0 Å². The molecule has 2 rings (SSSR count). The number of benzene rings is 1. The molecule has 1 saturated heterocycles. The van der Waals surface area contributed by atoms with Gasteiger partial charge in [-0.1, -0.05) is 17.7 Å². The van der Waals surface area contributed by atoms with Crippen LogP contribution in [0.3, 0.4) is 0 Å². The van der Waals surface area contributed by atoms with Gasteiger partial charge >= 0.3 is 0 Å². The highest BCUT2D eigenvalue weighted by molar-refractivity contribution is 7.89. The average Bonchev–Trinajstić information content (AvgIpc) is 2.40. The molecule has 1 aromatic rings. The first-order chi connectivity index (χ1) is 9.00. The van der Waals surface area contributed by atoms with Gasteiger partial charge in [0.15, 0.2) is 0 Å². The van der Waals surface area contributed by atoms with Gasteiger partial charge in [-0.15, -0.1) is 0 Å². The van der Waals surface area contributed by atoms with E-state index in [1.165, 1.54) is 16.4 Å². The van der Waals surface area contributed by atoms with E-state index in [1.54, 1.807) is 19.2 Å². The van der Waals surface area contributed by atoms with E-state index in [0.29, 0.717) is 24.7 Å². The number of ether oxygens (including phenoxy) is 1. The summed E-state index contributed by atoms with van der Waals surface area (Å²) < 4.78 is 31.5. The van der Waals surface area contributed by atoms with Crippen molar-refractivity contribution < 1.29 is 13.2 Å². The first kappa shape index (κ1) is 14.7. The molecule has 0 saturated carbocycles. The summed E-state index contributed by atoms with van der Waals surface area (Å²) in [6.07, 6.45) is -0.118. The molecular weight excluding hydrogens is 288 g/mol. The van der Waals surface area contributed by atoms with Crippen LogP contribution in [0.5, 0.6) is 0 Å². The molecule has 1 atom stereocenters. The standard InChI is InChI=1S/C12H17ClN2O3S/c1-15(9-11-8-14-5-6-18-11)19(16,17)12-4-2-3-10(13)7-12/h2-4,7,11,14H,5-6,8-9H2,1H3. The number of halogens is 1. The second-order valence-electron chi connectivity index (χ2n) is 4.44. The van der Waals surface area contributed by atoms with Crippen LogP contribution in [0, 0.1) is 0 Å². The Bertz CT molecular complexity index is 530. The van der Waals surface area contributed by atoms with Gasteiger partial charge in [-0.25, -0.2) is 8.42 Å². The molecule has 0 amide bonds. The van der Waals surface area contributed by atoms with Crippen molar-refractivity contribution >= 4 is 21.6 Å². The maximum Gasteiger partial charge on any atom is 0.242 e. The third kappa shape index (κ3) is 3.67. The fourth-order valence-corrected chi connectivity index (χ4v) is 3.43. The second kappa shape index (κ2) is 6.19. The van der Waals surface area contributed by atoms with Crippen LogP contribution in [0.2, 0.25) is 5.02 Å². The second-order valence-corrected chi connectivity index (χ2v) is 6.92. The summed E-state index contributed by atoms with van der Waals surface area (Å²) in [5, 5.41) is 3.58. The van der Waals surface area contributed by atoms with Gasteiger partial charge in [-0.2, -0.15) is 4.31 Å². The summed E-state index contributed by atoms with van der Waals surface area (Å²) in [5.41, 5.74) is 0. The van der Waals surface area contributed by atoms with Gasteiger partial charge in [-0.3, -0.25) is 0 Å². The largest absolute Gasteiger partial charge is 0.374 e. The Labute approximate surface area is 118 Å². The van der Waals surface area contributed by atoms with Crippen LogP contribution < -0.4 is 5.32 Å². The smallest absolute Gasteiger partial charge is 0.242 e. The van der Waals surface area contributed by atoms with Gasteiger partial charge in [0, 0.05) is 31.7 Å². The van der Waals surface area contributed by atoms with Gasteiger partial charge < -0.3 is 10.1 Å². The molecule has 1 heterocycles. The average molecular weight is 305 g/mol. The normalized spacial score (nSPS) is 20.7. The minimum absolute atomic E-state index is 0.118. The zero-order chi connectivity index (χ0) is 13.9. The number of hydrogen-bond acceptors (Lipinski definition) is 4. The Balaban J connectivity index is 2.10. The highest BCUT2D eigenvalue weighted by Gasteiger charge is 2.25. The lowest BCUT2D eigenvalue weighted by Crippen LogP contribution is -2.45. The van der Waals surface area contributed by atoms with E-state index in [9.17, 15) is 8.42 Å². The first-order valence-electron chi connectivity index (χ1n) is 6.04. The van der Waals surface area contributed by atoms with Crippen LogP contribution in [-0.2, 0) is 14.8 Å². The Morgan fingerprint density at radius 3 is 2.95 bits per heavy atom. The van der Waals surface area contributed by atoms with E-state index in [2.05, 4.69) is 5.32 Å². The molecule has 19 heavy (non-hydrogen) atoms. The van der Waals surface area contributed by atoms with Crippen molar-refractivity contribution in [2.75, 3.05) is 33.3 Å². The monoisotopic (exact) mass is 304 g/mol. The molecule has 1 fully saturated rings. The van der Waals surface area contributed by atoms with Crippen molar-refractivity contribution in [2.45, 2.75) is 11.0 Å². The number of hydrogen-bond donors (Lipinski definition) is 1. The van der Waals surface area contributed by atoms with Crippen molar-refractivity contribution in [1.29, 1.82) is 0 Å². The van der Waals surface area contributed by atoms with Crippen LogP contribution in [0.15, 0.2) is 29.2 Å². The van der Waals surface area contributed by atoms with Crippen molar-refractivity contribution in [2.24, 2.45) is 0 Å². The first-order valence-corrected chi connectivity index (χ1v) is 7.86. The summed E-state index contributed by atoms with van der Waals surface area (Å²) in [5.74, 6) is 0. The molecule has 0 aliphatic carbocycles. The van der Waals surface area contributed by atoms with Gasteiger partial charge in [0.1, 0.15) is 0 Å². The topological polar surface area (TPSA) is 58.6 Å². The van der Waals surface area contributed by atoms with Crippen LogP contribution >= 0.6 is 11.6 Å². The third-order valence-corrected chi connectivity index (χ3v) is 5.02. The fraction of sp³-hybridized carbons (Fsp3) is 0.500. The lowest BCUT2D eigenvalue weighted by Gasteiger charge is -2.27. The van der Waals surface area contributed by atoms with E-state index in [0.717, 1.165) is 6.54 Å². The molecule has 5 nitrogen and oxygen atoms in total. The van der Waals surface area contributed by atoms with E-state index >= 15 is 0 Å². The molecule has 1 aliphatic heterocycles. The number of nitrogens with one attached hydrogen (secondary N) is 1. The summed E-state index contributed by atoms with van der Waals surface area (Å²) >= 11 is 5.83. The number of morpholine rings is 1. The fourth-order valence-electron chi connectivity index (χ4n) is 1.93. The summed E-state index contributed by atoms with van der Waals surface area (Å²) in [6.45, 7) is 2.40. The van der Waals surface area contributed by atoms with Crippen molar-refractivity contribution in [1.82, 2.24) is 9.62 Å². The van der Waals surface area contributed by atoms with E-state index in [1.807, 2.05) is 0 Å². The van der Waals surface area contributed by atoms with Crippen molar-refractivity contribution in [3.05, 3.63) is 29.3 Å². The zero-order valence-electron chi connectivity index (χ0n) is 10.7. The highest BCUT2D eigenvalue weighted by atomic mass is 35.5. The number of nitrogens with zero attached hydrogens (tertiary/aromatic N) is 1. The Morgan fingerprint density at radius 2 is 2.32 bits per heavy atom. The zero-order valence-corrected chi connectivity index (χ0v) is 12.2. The molecule has 1 aliphatic rings. The summed E-state index contributed by atoms with van der Waals surface area (Å²) in [4.78, 5) is 0.200. The number of sulfonamides is 1. The molecule has 7 heteroatoms. The molecule has 0 radical (unpaired) electrons. The van der Waals surface area contributed by atoms with Gasteiger partial charge in [0.05, 0.1) is 17.6 Å². The van der Waals surface area contributed by atoms with Gasteiger partial charge in [0.25, 0.3) is 0 Å². The van der Waals surface area contributed by atoms with Crippen molar-refractivity contribution in [3.8, 4) is 0 Å². The molecule has 0 bridgehead atoms. The van der Waals surface area contributed by atoms with E-state index in [4.69, 9.17) is 16.3 Å². The van der Waals surface area contributed by atoms with E-state index in [-0.39, 0.29) is 11.0 Å². The molecule has 106 valence electrons. The molecule has 1 unspecified atom stereocenters. The third-order valence-electron chi connectivity index (χ3n) is 2.97. The predicted molar refractivity (Wildman–Crippen MR) is 73.9 cm³/mol. The highest BCUT2D eigenvalue weighted by Crippen LogP contribution is 2.19. The molecular formula is C12H17ClN2O3S. The number of likely N-dealkylation sites (N-methyl/N-ethyl adjacent to an activating group) is 1. The van der Waals surface area contributed by atoms with Crippen molar-refractivity contribution in [3.63, 3.8) is 0 Å². The SMILES string of the molecule is CN(CC1CNCCO1)S(=O)(=O)c1cccc(Cl)c1. The maximum absolute atomic E-state index is 12.3. The minimum Gasteiger partial charge on any atom is -0.374 e. The lowest BCUT2D eigenvalue weighted by molar-refractivity contribution is 0.0206. The Morgan fingerprint density at radius 1 is 1.53 bits per heavy atom.